The number of carbonyl (C=O) groups is 3. The van der Waals surface area contributed by atoms with Gasteiger partial charge in [0.15, 0.2) is 6.10 Å². The van der Waals surface area contributed by atoms with E-state index in [2.05, 4.69) is 111 Å². The molecule has 0 bridgehead atoms. The molecule has 0 amide bonds. The van der Waals surface area contributed by atoms with Crippen LogP contribution in [0.1, 0.15) is 168 Å². The zero-order valence-corrected chi connectivity index (χ0v) is 40.4. The lowest BCUT2D eigenvalue weighted by Crippen LogP contribution is -2.55. The molecule has 8 nitrogen and oxygen atoms in total. The Morgan fingerprint density at radius 3 is 1.30 bits per heavy atom. The van der Waals surface area contributed by atoms with Crippen molar-refractivity contribution >= 4 is 17.9 Å². The number of allylic oxidation sites excluding steroid dienone is 18. The Bertz CT molecular complexity index is 1390. The number of carboxylic acids is 1. The Kier molecular flexibility index (Phi) is 41.8. The number of carbonyl (C=O) groups excluding carboxylic acids is 3. The molecule has 0 radical (unpaired) electrons. The molecule has 8 heteroatoms. The number of likely N-dealkylation sites (N-methyl/N-ethyl adjacent to an activating group) is 1. The summed E-state index contributed by atoms with van der Waals surface area (Å²) in [6.45, 7) is 4.34. The quantitative estimate of drug-likeness (QED) is 0.0260. The van der Waals surface area contributed by atoms with Gasteiger partial charge < -0.3 is 28.6 Å². The molecule has 0 aromatic rings. The lowest BCUT2D eigenvalue weighted by atomic mass is 10.0. The Morgan fingerprint density at radius 1 is 0.476 bits per heavy atom. The van der Waals surface area contributed by atoms with Gasteiger partial charge in [0.05, 0.1) is 40.3 Å². The molecule has 2 atom stereocenters. The minimum atomic E-state index is -1.14. The second-order valence-corrected chi connectivity index (χ2v) is 16.9. The van der Waals surface area contributed by atoms with E-state index >= 15 is 0 Å². The zero-order valence-electron chi connectivity index (χ0n) is 40.4. The summed E-state index contributed by atoms with van der Waals surface area (Å²) in [5.74, 6) is -1.86. The van der Waals surface area contributed by atoms with Gasteiger partial charge in [0.2, 0.25) is 0 Å². The predicted molar refractivity (Wildman–Crippen MR) is 263 cm³/mol. The van der Waals surface area contributed by atoms with E-state index < -0.39 is 18.1 Å². The van der Waals surface area contributed by atoms with Gasteiger partial charge in [-0.1, -0.05) is 175 Å². The fourth-order valence-corrected chi connectivity index (χ4v) is 6.46. The minimum Gasteiger partial charge on any atom is -0.544 e. The third-order valence-electron chi connectivity index (χ3n) is 10.2. The fourth-order valence-electron chi connectivity index (χ4n) is 6.46. The number of aliphatic carboxylic acids is 1. The van der Waals surface area contributed by atoms with Crippen LogP contribution in [-0.2, 0) is 28.6 Å². The molecule has 0 spiro atoms. The number of hydrogen-bond acceptors (Lipinski definition) is 7. The number of unbranched alkanes of at least 4 members (excludes halogenated alkanes) is 10. The van der Waals surface area contributed by atoms with Gasteiger partial charge in [-0.05, 0) is 83.5 Å². The van der Waals surface area contributed by atoms with E-state index in [-0.39, 0.29) is 49.1 Å². The van der Waals surface area contributed by atoms with Crippen LogP contribution >= 0.6 is 0 Å². The Morgan fingerprint density at radius 2 is 0.873 bits per heavy atom. The van der Waals surface area contributed by atoms with E-state index in [1.165, 1.54) is 44.9 Å². The largest absolute Gasteiger partial charge is 0.544 e. The SMILES string of the molecule is CC/C=C/C/C=C/C/C=C/C/C=C/C/C=C/CCC(=O)OCC(COCCC(C(=O)[O-])[N+](C)(C)C)OC(=O)CCCCCCCCCCCC/C=C/C/C=C/C/C=C/C/C=C/CC. The maximum absolute atomic E-state index is 12.8. The van der Waals surface area contributed by atoms with Gasteiger partial charge in [-0.3, -0.25) is 9.59 Å². The maximum atomic E-state index is 12.8. The molecule has 0 aliphatic heterocycles. The molecule has 0 heterocycles. The van der Waals surface area contributed by atoms with Crippen LogP contribution in [-0.4, -0.2) is 75.5 Å². The highest BCUT2D eigenvalue weighted by molar-refractivity contribution is 5.70. The third kappa shape index (κ3) is 43.0. The summed E-state index contributed by atoms with van der Waals surface area (Å²) >= 11 is 0. The highest BCUT2D eigenvalue weighted by atomic mass is 16.6. The van der Waals surface area contributed by atoms with Crippen molar-refractivity contribution in [3.05, 3.63) is 109 Å². The van der Waals surface area contributed by atoms with Crippen LogP contribution in [0, 0.1) is 0 Å². The van der Waals surface area contributed by atoms with Crippen molar-refractivity contribution in [3.63, 3.8) is 0 Å². The number of rotatable bonds is 42. The van der Waals surface area contributed by atoms with Crippen molar-refractivity contribution in [2.45, 2.75) is 180 Å². The molecule has 0 rings (SSSR count). The molecular weight excluding hydrogens is 787 g/mol. The molecule has 356 valence electrons. The summed E-state index contributed by atoms with van der Waals surface area (Å²) in [4.78, 5) is 36.9. The third-order valence-corrected chi connectivity index (χ3v) is 10.2. The first-order valence-corrected chi connectivity index (χ1v) is 24.4. The van der Waals surface area contributed by atoms with Crippen molar-refractivity contribution in [3.8, 4) is 0 Å². The lowest BCUT2D eigenvalue weighted by molar-refractivity contribution is -0.889. The number of ether oxygens (including phenoxy) is 3. The second kappa shape index (κ2) is 44.6. The Labute approximate surface area is 385 Å². The standard InChI is InChI=1S/C55H89NO7/c1-6-8-10-12-14-16-18-20-22-24-25-26-27-28-29-30-32-34-36-38-40-42-44-46-54(58)63-51(49-61-48-47-52(55(59)60)56(3,4)5)50-62-53(57)45-43-41-39-37-35-33-31-23-21-19-17-15-13-11-9-7-2/h8-11,14-17,20-23,25-26,33,35,39,41,51-52H,6-7,12-13,18-19,24,27-32,34,36-38,40,42-50H2,1-5H3/b10-8+,11-9+,16-14+,17-15+,22-20+,23-21+,26-25+,35-33+,41-39+. The first kappa shape index (κ1) is 59.0. The predicted octanol–water partition coefficient (Wildman–Crippen LogP) is 12.7. The lowest BCUT2D eigenvalue weighted by Gasteiger charge is -2.34. The van der Waals surface area contributed by atoms with Crippen LogP contribution in [0.2, 0.25) is 0 Å². The molecule has 0 saturated heterocycles. The van der Waals surface area contributed by atoms with Gasteiger partial charge in [-0.2, -0.15) is 0 Å². The summed E-state index contributed by atoms with van der Waals surface area (Å²) < 4.78 is 17.1. The summed E-state index contributed by atoms with van der Waals surface area (Å²) in [6.07, 6.45) is 61.3. The molecule has 0 fully saturated rings. The number of quaternary nitrogens is 1. The molecule has 2 unspecified atom stereocenters. The van der Waals surface area contributed by atoms with E-state index in [4.69, 9.17) is 14.2 Å². The highest BCUT2D eigenvalue weighted by Gasteiger charge is 2.25. The molecule has 0 aliphatic carbocycles. The van der Waals surface area contributed by atoms with E-state index in [0.717, 1.165) is 83.5 Å². The average molecular weight is 876 g/mol. The molecule has 0 aromatic heterocycles. The van der Waals surface area contributed by atoms with Crippen LogP contribution in [0.15, 0.2) is 109 Å². The smallest absolute Gasteiger partial charge is 0.306 e. The molecule has 0 aliphatic rings. The normalized spacial score (nSPS) is 13.9. The Balaban J connectivity index is 4.37. The van der Waals surface area contributed by atoms with Crippen molar-refractivity contribution < 1.29 is 38.2 Å². The van der Waals surface area contributed by atoms with Crippen LogP contribution < -0.4 is 5.11 Å². The van der Waals surface area contributed by atoms with Crippen LogP contribution in [0.3, 0.4) is 0 Å². The maximum Gasteiger partial charge on any atom is 0.306 e. The summed E-state index contributed by atoms with van der Waals surface area (Å²) in [5.41, 5.74) is 0. The van der Waals surface area contributed by atoms with Gasteiger partial charge in [0.25, 0.3) is 0 Å². The number of esters is 2. The molecule has 63 heavy (non-hydrogen) atoms. The topological polar surface area (TPSA) is 102 Å². The molecular formula is C55H89NO7. The van der Waals surface area contributed by atoms with E-state index in [1.807, 2.05) is 12.2 Å². The number of nitrogens with zero attached hydrogens (tertiary/aromatic N) is 1. The van der Waals surface area contributed by atoms with Crippen molar-refractivity contribution in [2.75, 3.05) is 41.0 Å². The highest BCUT2D eigenvalue weighted by Crippen LogP contribution is 2.14. The molecule has 0 N–H and O–H groups in total. The van der Waals surface area contributed by atoms with Crippen molar-refractivity contribution in [1.82, 2.24) is 0 Å². The summed E-state index contributed by atoms with van der Waals surface area (Å²) in [6, 6.07) is -0.744. The first-order valence-electron chi connectivity index (χ1n) is 24.4. The summed E-state index contributed by atoms with van der Waals surface area (Å²) in [7, 11) is 5.38. The second-order valence-electron chi connectivity index (χ2n) is 16.9. The van der Waals surface area contributed by atoms with Gasteiger partial charge in [0, 0.05) is 19.3 Å². The Hall–Kier alpha value is -4.01. The number of hydrogen-bond donors (Lipinski definition) is 0. The molecule has 0 aromatic carbocycles. The van der Waals surface area contributed by atoms with Crippen LogP contribution in [0.25, 0.3) is 0 Å². The van der Waals surface area contributed by atoms with Crippen molar-refractivity contribution in [1.29, 1.82) is 0 Å². The number of carboxylic acid groups (broad SMARTS) is 1. The zero-order chi connectivity index (χ0) is 46.3. The van der Waals surface area contributed by atoms with Gasteiger partial charge in [0.1, 0.15) is 12.6 Å². The van der Waals surface area contributed by atoms with E-state index in [1.54, 1.807) is 21.1 Å². The van der Waals surface area contributed by atoms with Gasteiger partial charge in [-0.15, -0.1) is 0 Å². The van der Waals surface area contributed by atoms with Crippen LogP contribution in [0.4, 0.5) is 0 Å². The summed E-state index contributed by atoms with van der Waals surface area (Å²) in [5, 5.41) is 11.7. The monoisotopic (exact) mass is 876 g/mol. The minimum absolute atomic E-state index is 0.00906. The van der Waals surface area contributed by atoms with Gasteiger partial charge in [-0.25, -0.2) is 0 Å². The first-order chi connectivity index (χ1) is 30.6. The van der Waals surface area contributed by atoms with E-state index in [9.17, 15) is 19.5 Å². The van der Waals surface area contributed by atoms with Gasteiger partial charge >= 0.3 is 11.9 Å². The van der Waals surface area contributed by atoms with Crippen LogP contribution in [0.5, 0.6) is 0 Å². The average Bonchev–Trinajstić information content (AvgIpc) is 3.24. The van der Waals surface area contributed by atoms with Crippen molar-refractivity contribution in [2.24, 2.45) is 0 Å². The molecule has 0 saturated carbocycles. The van der Waals surface area contributed by atoms with E-state index in [0.29, 0.717) is 12.8 Å². The fraction of sp³-hybridized carbons (Fsp3) is 0.618.